The number of nitroso groups, excluding NO2 is 1. The van der Waals surface area contributed by atoms with Crippen molar-refractivity contribution in [3.63, 3.8) is 0 Å². The molecule has 4 heteroatoms. The van der Waals surface area contributed by atoms with Crippen LogP contribution in [0.4, 0.5) is 0 Å². The standard InChI is InChI=1S/C6H11NO3/c1-10-5-3-2-4-6(8)7-9/h2-5H2,1H3. The molecule has 0 heterocycles. The highest BCUT2D eigenvalue weighted by atomic mass is 16.5. The monoisotopic (exact) mass is 145 g/mol. The lowest BCUT2D eigenvalue weighted by atomic mass is 10.2. The molecule has 0 aliphatic carbocycles. The molecule has 0 saturated carbocycles. The van der Waals surface area contributed by atoms with E-state index in [0.717, 1.165) is 6.42 Å². The van der Waals surface area contributed by atoms with Crippen LogP contribution in [0.2, 0.25) is 0 Å². The van der Waals surface area contributed by atoms with E-state index in [4.69, 9.17) is 4.74 Å². The quantitative estimate of drug-likeness (QED) is 0.430. The van der Waals surface area contributed by atoms with Gasteiger partial charge >= 0.3 is 0 Å². The van der Waals surface area contributed by atoms with Crippen LogP contribution >= 0.6 is 0 Å². The molecule has 0 rings (SSSR count). The van der Waals surface area contributed by atoms with Crippen LogP contribution < -0.4 is 0 Å². The van der Waals surface area contributed by atoms with Crippen LogP contribution in [0.1, 0.15) is 19.3 Å². The Morgan fingerprint density at radius 2 is 2.20 bits per heavy atom. The fraction of sp³-hybridized carbons (Fsp3) is 0.833. The third-order valence-corrected chi connectivity index (χ3v) is 1.09. The van der Waals surface area contributed by atoms with E-state index in [1.54, 1.807) is 7.11 Å². The maximum absolute atomic E-state index is 10.3. The summed E-state index contributed by atoms with van der Waals surface area (Å²) in [7, 11) is 1.60. The molecule has 0 radical (unpaired) electrons. The van der Waals surface area contributed by atoms with Crippen molar-refractivity contribution in [2.24, 2.45) is 5.18 Å². The maximum Gasteiger partial charge on any atom is 0.286 e. The van der Waals surface area contributed by atoms with Crippen LogP contribution in [0.3, 0.4) is 0 Å². The van der Waals surface area contributed by atoms with Crippen molar-refractivity contribution in [1.29, 1.82) is 0 Å². The van der Waals surface area contributed by atoms with E-state index in [2.05, 4.69) is 5.18 Å². The molecule has 1 amide bonds. The molecule has 10 heavy (non-hydrogen) atoms. The summed E-state index contributed by atoms with van der Waals surface area (Å²) in [5, 5.41) is 2.26. The van der Waals surface area contributed by atoms with E-state index in [0.29, 0.717) is 13.0 Å². The van der Waals surface area contributed by atoms with Crippen molar-refractivity contribution in [1.82, 2.24) is 0 Å². The van der Waals surface area contributed by atoms with Crippen LogP contribution in [0.25, 0.3) is 0 Å². The van der Waals surface area contributed by atoms with E-state index in [1.165, 1.54) is 0 Å². The predicted octanol–water partition coefficient (Wildman–Crippen LogP) is 1.10. The largest absolute Gasteiger partial charge is 0.385 e. The number of hydrogen-bond acceptors (Lipinski definition) is 3. The first-order valence-electron chi connectivity index (χ1n) is 3.16. The molecule has 0 aliphatic rings. The normalized spacial score (nSPS) is 9.30. The molecule has 0 atom stereocenters. The van der Waals surface area contributed by atoms with Gasteiger partial charge in [-0.15, -0.1) is 4.91 Å². The van der Waals surface area contributed by atoms with Crippen molar-refractivity contribution >= 4 is 5.91 Å². The number of nitrogens with zero attached hydrogens (tertiary/aromatic N) is 1. The zero-order valence-electron chi connectivity index (χ0n) is 6.00. The molecular weight excluding hydrogens is 134 g/mol. The van der Waals surface area contributed by atoms with Crippen molar-refractivity contribution in [3.8, 4) is 0 Å². The van der Waals surface area contributed by atoms with E-state index in [9.17, 15) is 9.70 Å². The van der Waals surface area contributed by atoms with Gasteiger partial charge in [0.1, 0.15) is 0 Å². The summed E-state index contributed by atoms with van der Waals surface area (Å²) >= 11 is 0. The molecule has 0 saturated heterocycles. The number of hydrogen-bond donors (Lipinski definition) is 0. The number of unbranched alkanes of at least 4 members (excludes halogenated alkanes) is 1. The number of rotatable bonds is 5. The fourth-order valence-electron chi connectivity index (χ4n) is 0.568. The lowest BCUT2D eigenvalue weighted by Crippen LogP contribution is -1.94. The second-order valence-corrected chi connectivity index (χ2v) is 1.93. The van der Waals surface area contributed by atoms with Crippen LogP contribution in [0, 0.1) is 4.91 Å². The van der Waals surface area contributed by atoms with E-state index in [-0.39, 0.29) is 6.42 Å². The van der Waals surface area contributed by atoms with Gasteiger partial charge in [0.15, 0.2) is 0 Å². The molecule has 0 N–H and O–H groups in total. The molecule has 58 valence electrons. The van der Waals surface area contributed by atoms with Gasteiger partial charge in [0.05, 0.1) is 0 Å². The predicted molar refractivity (Wildman–Crippen MR) is 36.5 cm³/mol. The summed E-state index contributed by atoms with van der Waals surface area (Å²) in [6, 6.07) is 0. The minimum atomic E-state index is -0.573. The van der Waals surface area contributed by atoms with Crippen LogP contribution in [0.15, 0.2) is 5.18 Å². The second kappa shape index (κ2) is 6.35. The van der Waals surface area contributed by atoms with Crippen LogP contribution in [0.5, 0.6) is 0 Å². The van der Waals surface area contributed by atoms with Crippen molar-refractivity contribution in [2.45, 2.75) is 19.3 Å². The highest BCUT2D eigenvalue weighted by Gasteiger charge is 1.98. The zero-order valence-corrected chi connectivity index (χ0v) is 6.00. The molecule has 0 aliphatic heterocycles. The van der Waals surface area contributed by atoms with Gasteiger partial charge in [0, 0.05) is 25.3 Å². The first-order chi connectivity index (χ1) is 4.81. The van der Waals surface area contributed by atoms with Crippen molar-refractivity contribution in [2.75, 3.05) is 13.7 Å². The molecule has 0 fully saturated rings. The van der Waals surface area contributed by atoms with Crippen molar-refractivity contribution in [3.05, 3.63) is 4.91 Å². The van der Waals surface area contributed by atoms with Gasteiger partial charge in [-0.1, -0.05) is 0 Å². The van der Waals surface area contributed by atoms with Crippen LogP contribution in [-0.2, 0) is 9.53 Å². The summed E-state index contributed by atoms with van der Waals surface area (Å²) < 4.78 is 4.74. The summed E-state index contributed by atoms with van der Waals surface area (Å²) in [5.41, 5.74) is 0. The molecule has 0 spiro atoms. The molecule has 4 nitrogen and oxygen atoms in total. The highest BCUT2D eigenvalue weighted by Crippen LogP contribution is 1.96. The SMILES string of the molecule is COCCCCC(=O)N=O. The average Bonchev–Trinajstić information content (AvgIpc) is 1.98. The highest BCUT2D eigenvalue weighted by molar-refractivity contribution is 5.76. The molecular formula is C6H11NO3. The van der Waals surface area contributed by atoms with Gasteiger partial charge in [0.2, 0.25) is 0 Å². The minimum Gasteiger partial charge on any atom is -0.385 e. The Labute approximate surface area is 59.5 Å². The Balaban J connectivity index is 3.03. The first kappa shape index (κ1) is 9.23. The maximum atomic E-state index is 10.3. The van der Waals surface area contributed by atoms with Crippen LogP contribution in [-0.4, -0.2) is 19.6 Å². The zero-order chi connectivity index (χ0) is 7.82. The summed E-state index contributed by atoms with van der Waals surface area (Å²) in [4.78, 5) is 19.8. The number of carbonyl (C=O) groups excluding carboxylic acids is 1. The average molecular weight is 145 g/mol. The molecule has 0 aromatic carbocycles. The first-order valence-corrected chi connectivity index (χ1v) is 3.16. The van der Waals surface area contributed by atoms with Gasteiger partial charge in [-0.3, -0.25) is 4.79 Å². The van der Waals surface area contributed by atoms with Gasteiger partial charge < -0.3 is 4.74 Å². The van der Waals surface area contributed by atoms with E-state index >= 15 is 0 Å². The minimum absolute atomic E-state index is 0.243. The third-order valence-electron chi connectivity index (χ3n) is 1.09. The van der Waals surface area contributed by atoms with Gasteiger partial charge in [-0.25, -0.2) is 0 Å². The lowest BCUT2D eigenvalue weighted by molar-refractivity contribution is -0.118. The summed E-state index contributed by atoms with van der Waals surface area (Å²) in [6.45, 7) is 0.631. The number of carbonyl (C=O) groups is 1. The summed E-state index contributed by atoms with van der Waals surface area (Å²) in [6.07, 6.45) is 1.73. The molecule has 0 aromatic heterocycles. The van der Waals surface area contributed by atoms with E-state index < -0.39 is 5.91 Å². The Morgan fingerprint density at radius 1 is 1.50 bits per heavy atom. The van der Waals surface area contributed by atoms with Gasteiger partial charge in [-0.05, 0) is 12.8 Å². The van der Waals surface area contributed by atoms with E-state index in [1.807, 2.05) is 0 Å². The van der Waals surface area contributed by atoms with Gasteiger partial charge in [0.25, 0.3) is 5.91 Å². The Kier molecular flexibility index (Phi) is 5.86. The molecule has 0 aromatic rings. The van der Waals surface area contributed by atoms with Crippen molar-refractivity contribution < 1.29 is 9.53 Å². The third kappa shape index (κ3) is 5.37. The Bertz CT molecular complexity index is 114. The molecule has 0 unspecified atom stereocenters. The topological polar surface area (TPSA) is 55.7 Å². The molecule has 0 bridgehead atoms. The number of amides is 1. The Hall–Kier alpha value is -0.770. The second-order valence-electron chi connectivity index (χ2n) is 1.93. The fourth-order valence-corrected chi connectivity index (χ4v) is 0.568. The smallest absolute Gasteiger partial charge is 0.286 e. The number of ether oxygens (including phenoxy) is 1. The Morgan fingerprint density at radius 3 is 2.70 bits per heavy atom. The lowest BCUT2D eigenvalue weighted by Gasteiger charge is -1.94. The summed E-state index contributed by atoms with van der Waals surface area (Å²) in [5.74, 6) is -0.573. The van der Waals surface area contributed by atoms with Gasteiger partial charge in [-0.2, -0.15) is 0 Å². The number of methoxy groups -OCH3 is 1.